The van der Waals surface area contributed by atoms with Crippen molar-refractivity contribution in [2.75, 3.05) is 38.5 Å². The van der Waals surface area contributed by atoms with E-state index in [0.29, 0.717) is 28.4 Å². The molecule has 4 atom stereocenters. The topological polar surface area (TPSA) is 139 Å². The van der Waals surface area contributed by atoms with E-state index in [2.05, 4.69) is 93.1 Å². The van der Waals surface area contributed by atoms with Gasteiger partial charge in [0.25, 0.3) is 0 Å². The van der Waals surface area contributed by atoms with Gasteiger partial charge < -0.3 is 34.1 Å². The number of aliphatic hydroxyl groups excluding tert-OH is 1. The minimum Gasteiger partial charge on any atom is -0.497 e. The van der Waals surface area contributed by atoms with E-state index < -0.39 is 34.9 Å². The van der Waals surface area contributed by atoms with Crippen molar-refractivity contribution < 1.29 is 33.6 Å². The lowest BCUT2D eigenvalue weighted by Gasteiger charge is -2.37. The normalized spacial score (nSPS) is 17.2. The minimum absolute atomic E-state index is 0.0598. The Morgan fingerprint density at radius 1 is 0.696 bits per heavy atom. The van der Waals surface area contributed by atoms with Crippen molar-refractivity contribution in [2.24, 2.45) is 5.92 Å². The Labute approximate surface area is 406 Å². The Kier molecular flexibility index (Phi) is 14.5. The molecule has 9 rings (SSSR count). The summed E-state index contributed by atoms with van der Waals surface area (Å²) in [4.78, 5) is 26.5. The molecule has 12 nitrogen and oxygen atoms in total. The van der Waals surface area contributed by atoms with Crippen LogP contribution < -0.4 is 14.8 Å². The maximum absolute atomic E-state index is 12.9. The molecule has 13 heteroatoms. The number of nitrogens with one attached hydrogen (secondary N) is 1. The lowest BCUT2D eigenvalue weighted by atomic mass is 9.80. The Bertz CT molecular complexity index is 2760. The zero-order valence-electron chi connectivity index (χ0n) is 38.9. The van der Waals surface area contributed by atoms with Gasteiger partial charge in [0.1, 0.15) is 41.7 Å². The first-order valence-electron chi connectivity index (χ1n) is 23.0. The average molecular weight is 942 g/mol. The highest BCUT2D eigenvalue weighted by atomic mass is 32.2. The number of thioether (sulfide) groups is 1. The monoisotopic (exact) mass is 941 g/mol. The molecular formula is C56H55N5O7S. The van der Waals surface area contributed by atoms with Crippen LogP contribution in [0, 0.1) is 5.92 Å². The van der Waals surface area contributed by atoms with Crippen LogP contribution in [0.4, 0.5) is 5.82 Å². The molecule has 2 N–H and O–H groups in total. The summed E-state index contributed by atoms with van der Waals surface area (Å²) in [6, 6.07) is 57.1. The number of hydrogen-bond acceptors (Lipinski definition) is 11. The van der Waals surface area contributed by atoms with E-state index in [1.807, 2.05) is 111 Å². The van der Waals surface area contributed by atoms with E-state index >= 15 is 0 Å². The van der Waals surface area contributed by atoms with Crippen molar-refractivity contribution in [3.63, 3.8) is 0 Å². The van der Waals surface area contributed by atoms with Gasteiger partial charge >= 0.3 is 0 Å². The van der Waals surface area contributed by atoms with E-state index in [-0.39, 0.29) is 30.9 Å². The van der Waals surface area contributed by atoms with Crippen LogP contribution in [0.3, 0.4) is 0 Å². The van der Waals surface area contributed by atoms with Crippen molar-refractivity contribution in [2.45, 2.75) is 48.7 Å². The van der Waals surface area contributed by atoms with Crippen LogP contribution in [-0.4, -0.2) is 82.0 Å². The summed E-state index contributed by atoms with van der Waals surface area (Å²) in [5, 5.41) is 15.5. The highest BCUT2D eigenvalue weighted by molar-refractivity contribution is 8.00. The summed E-state index contributed by atoms with van der Waals surface area (Å²) in [6.45, 7) is 3.80. The zero-order chi connectivity index (χ0) is 47.8. The molecule has 0 spiro atoms. The number of anilines is 1. The van der Waals surface area contributed by atoms with Gasteiger partial charge in [0, 0.05) is 11.7 Å². The van der Waals surface area contributed by atoms with Crippen LogP contribution in [0.15, 0.2) is 183 Å². The van der Waals surface area contributed by atoms with Crippen molar-refractivity contribution in [1.29, 1.82) is 0 Å². The number of aromatic nitrogens is 4. The van der Waals surface area contributed by atoms with Gasteiger partial charge in [-0.25, -0.2) is 15.0 Å². The second-order valence-corrected chi connectivity index (χ2v) is 18.3. The van der Waals surface area contributed by atoms with E-state index in [1.54, 1.807) is 36.9 Å². The number of benzene rings is 6. The van der Waals surface area contributed by atoms with E-state index in [9.17, 15) is 9.90 Å². The molecule has 0 bridgehead atoms. The van der Waals surface area contributed by atoms with Crippen LogP contribution in [0.5, 0.6) is 11.5 Å². The number of nitrogens with zero attached hydrogens (tertiary/aromatic N) is 4. The fraction of sp³-hybridized carbons (Fsp3) is 0.250. The van der Waals surface area contributed by atoms with Gasteiger partial charge in [0.15, 0.2) is 23.2 Å². The number of aliphatic hydroxyl groups is 1. The third-order valence-electron chi connectivity index (χ3n) is 12.6. The Balaban J connectivity index is 1.07. The van der Waals surface area contributed by atoms with Crippen molar-refractivity contribution in [3.05, 3.63) is 216 Å². The number of ether oxygens (including phenoxy) is 5. The molecule has 1 saturated heterocycles. The number of methoxy groups -OCH3 is 2. The number of carbonyl (C=O) groups is 1. The molecule has 69 heavy (non-hydrogen) atoms. The predicted octanol–water partition coefficient (Wildman–Crippen LogP) is 9.82. The van der Waals surface area contributed by atoms with E-state index in [4.69, 9.17) is 23.7 Å². The van der Waals surface area contributed by atoms with Gasteiger partial charge in [-0.15, -0.1) is 11.8 Å². The predicted molar refractivity (Wildman–Crippen MR) is 268 cm³/mol. The first-order chi connectivity index (χ1) is 33.8. The van der Waals surface area contributed by atoms with Crippen molar-refractivity contribution in [1.82, 2.24) is 19.5 Å². The Hall–Kier alpha value is -6.87. The lowest BCUT2D eigenvalue weighted by Crippen LogP contribution is -2.40. The number of amides is 1. The number of imidazole rings is 1. The molecule has 0 unspecified atom stereocenters. The highest BCUT2D eigenvalue weighted by Gasteiger charge is 2.49. The van der Waals surface area contributed by atoms with Crippen LogP contribution >= 0.6 is 11.8 Å². The second-order valence-electron chi connectivity index (χ2n) is 17.0. The first-order valence-corrected chi connectivity index (χ1v) is 24.0. The summed E-state index contributed by atoms with van der Waals surface area (Å²) in [5.74, 6) is 1.72. The summed E-state index contributed by atoms with van der Waals surface area (Å²) < 4.78 is 33.3. The van der Waals surface area contributed by atoms with Gasteiger partial charge in [-0.05, 0) is 57.6 Å². The molecular weight excluding hydrogens is 887 g/mol. The van der Waals surface area contributed by atoms with Gasteiger partial charge in [0.05, 0.1) is 38.5 Å². The van der Waals surface area contributed by atoms with Crippen LogP contribution in [0.1, 0.15) is 53.5 Å². The average Bonchev–Trinajstić information content (AvgIpc) is 3.98. The Morgan fingerprint density at radius 2 is 1.19 bits per heavy atom. The van der Waals surface area contributed by atoms with Crippen molar-refractivity contribution in [3.8, 4) is 11.5 Å². The summed E-state index contributed by atoms with van der Waals surface area (Å²) in [5.41, 5.74) is 5.52. The quantitative estimate of drug-likeness (QED) is 0.0592. The number of fused-ring (bicyclic) bond motifs is 1. The summed E-state index contributed by atoms with van der Waals surface area (Å²) in [7, 11) is 3.27. The molecule has 352 valence electrons. The highest BCUT2D eigenvalue weighted by Crippen LogP contribution is 2.49. The molecule has 0 saturated carbocycles. The maximum atomic E-state index is 12.9. The van der Waals surface area contributed by atoms with Crippen LogP contribution in [0.2, 0.25) is 0 Å². The SMILES string of the molecule is COc1ccc(C(OC[C@H]2O[C@@H](n3cnc4c(NC(=O)C(C)C)ncnc43)[C@H](OCCSC(c3ccccc3)(c3ccccc3)c3ccccc3)[C@@H]2O)(c2ccccc2)c2ccc(OC)cc2)cc1. The molecule has 2 aromatic heterocycles. The third kappa shape index (κ3) is 9.48. The lowest BCUT2D eigenvalue weighted by molar-refractivity contribution is -0.118. The zero-order valence-corrected chi connectivity index (χ0v) is 39.7. The number of rotatable bonds is 19. The smallest absolute Gasteiger partial charge is 0.228 e. The second kappa shape index (κ2) is 21.2. The largest absolute Gasteiger partial charge is 0.497 e. The Morgan fingerprint density at radius 3 is 1.68 bits per heavy atom. The molecule has 1 amide bonds. The first kappa shape index (κ1) is 47.2. The molecule has 0 aliphatic carbocycles. The molecule has 3 heterocycles. The molecule has 1 fully saturated rings. The molecule has 0 radical (unpaired) electrons. The minimum atomic E-state index is -1.18. The fourth-order valence-corrected chi connectivity index (χ4v) is 10.5. The standard InChI is InChI=1S/C56H55N5O7S/c1-38(2)53(63)60-51-48-52(58-36-57-51)61(37-59-48)54-50(66-33-34-69-56(42-19-11-6-12-20-42,43-21-13-7-14-22-43)44-23-15-8-16-24-44)49(62)47(68-54)35-67-55(39-17-9-5-10-18-39,40-25-29-45(64-3)30-26-40)41-27-31-46(65-4)32-28-41/h5-32,36-38,47,49-50,54,62H,33-35H2,1-4H3,(H,57,58,60,63)/t47-,49-,50-,54-/m1/s1. The maximum Gasteiger partial charge on any atom is 0.228 e. The van der Waals surface area contributed by atoms with E-state index in [1.165, 1.54) is 6.33 Å². The molecule has 6 aromatic carbocycles. The van der Waals surface area contributed by atoms with Crippen LogP contribution in [0.25, 0.3) is 11.2 Å². The summed E-state index contributed by atoms with van der Waals surface area (Å²) in [6.07, 6.45) is -0.936. The molecule has 8 aromatic rings. The van der Waals surface area contributed by atoms with Gasteiger partial charge in [-0.2, -0.15) is 0 Å². The third-order valence-corrected chi connectivity index (χ3v) is 14.1. The van der Waals surface area contributed by atoms with Gasteiger partial charge in [-0.3, -0.25) is 9.36 Å². The number of carbonyl (C=O) groups excluding carboxylic acids is 1. The van der Waals surface area contributed by atoms with Gasteiger partial charge in [0.2, 0.25) is 5.91 Å². The van der Waals surface area contributed by atoms with Crippen molar-refractivity contribution >= 4 is 34.7 Å². The van der Waals surface area contributed by atoms with E-state index in [0.717, 1.165) is 33.4 Å². The fourth-order valence-electron chi connectivity index (χ4n) is 9.08. The molecule has 1 aliphatic rings. The van der Waals surface area contributed by atoms with Crippen LogP contribution in [-0.2, 0) is 29.4 Å². The van der Waals surface area contributed by atoms with Gasteiger partial charge in [-0.1, -0.05) is 159 Å². The number of hydrogen-bond donors (Lipinski definition) is 2. The molecule has 1 aliphatic heterocycles. The summed E-state index contributed by atoms with van der Waals surface area (Å²) >= 11 is 1.77.